The highest BCUT2D eigenvalue weighted by molar-refractivity contribution is 9.11. The second-order valence-electron chi connectivity index (χ2n) is 5.21. The third kappa shape index (κ3) is 4.26. The van der Waals surface area contributed by atoms with E-state index >= 15 is 0 Å². The van der Waals surface area contributed by atoms with Gasteiger partial charge in [0.15, 0.2) is 0 Å². The lowest BCUT2D eigenvalue weighted by Gasteiger charge is -2.17. The summed E-state index contributed by atoms with van der Waals surface area (Å²) in [5.74, 6) is 1.67. The molecule has 0 amide bonds. The van der Waals surface area contributed by atoms with Crippen molar-refractivity contribution in [2.45, 2.75) is 32.7 Å². The Morgan fingerprint density at radius 2 is 1.95 bits per heavy atom. The topological polar surface area (TPSA) is 37.8 Å². The summed E-state index contributed by atoms with van der Waals surface area (Å²) in [6, 6.07) is 6.05. The van der Waals surface area contributed by atoms with E-state index in [4.69, 9.17) is 0 Å². The van der Waals surface area contributed by atoms with E-state index in [1.807, 2.05) is 6.07 Å². The Balaban J connectivity index is 2.14. The van der Waals surface area contributed by atoms with Crippen molar-refractivity contribution in [3.63, 3.8) is 0 Å². The molecule has 0 aliphatic rings. The lowest BCUT2D eigenvalue weighted by atomic mass is 9.96. The Bertz CT molecular complexity index is 576. The lowest BCUT2D eigenvalue weighted by molar-refractivity contribution is 0.544. The van der Waals surface area contributed by atoms with E-state index in [1.54, 1.807) is 11.3 Å². The summed E-state index contributed by atoms with van der Waals surface area (Å²) < 4.78 is 1.95. The smallest absolute Gasteiger partial charge is 0.137 e. The van der Waals surface area contributed by atoms with E-state index in [0.29, 0.717) is 0 Å². The molecule has 0 saturated carbocycles. The maximum Gasteiger partial charge on any atom is 0.137 e. The van der Waals surface area contributed by atoms with Crippen LogP contribution >= 0.6 is 43.2 Å². The fraction of sp³-hybridized carbons (Fsp3) is 0.385. The zero-order chi connectivity index (χ0) is 14.0. The fourth-order valence-corrected chi connectivity index (χ4v) is 3.28. The predicted molar refractivity (Wildman–Crippen MR) is 87.8 cm³/mol. The van der Waals surface area contributed by atoms with Crippen molar-refractivity contribution in [3.05, 3.63) is 37.3 Å². The van der Waals surface area contributed by atoms with Crippen molar-refractivity contribution < 1.29 is 0 Å². The van der Waals surface area contributed by atoms with E-state index in [-0.39, 0.29) is 5.41 Å². The zero-order valence-electron chi connectivity index (χ0n) is 11.0. The van der Waals surface area contributed by atoms with Crippen LogP contribution in [-0.2, 0) is 12.0 Å². The van der Waals surface area contributed by atoms with Gasteiger partial charge >= 0.3 is 0 Å². The highest BCUT2D eigenvalue weighted by Crippen LogP contribution is 2.25. The van der Waals surface area contributed by atoms with Gasteiger partial charge in [0.1, 0.15) is 16.2 Å². The minimum atomic E-state index is -0.0633. The second kappa shape index (κ2) is 5.89. The normalized spacial score (nSPS) is 11.6. The van der Waals surface area contributed by atoms with Gasteiger partial charge in [-0.15, -0.1) is 11.3 Å². The summed E-state index contributed by atoms with van der Waals surface area (Å²) in [7, 11) is 0. The van der Waals surface area contributed by atoms with Crippen LogP contribution in [0.4, 0.5) is 5.82 Å². The molecule has 6 heteroatoms. The van der Waals surface area contributed by atoms with Crippen molar-refractivity contribution in [2.24, 2.45) is 0 Å². The van der Waals surface area contributed by atoms with Crippen LogP contribution in [0.25, 0.3) is 0 Å². The molecule has 2 rings (SSSR count). The van der Waals surface area contributed by atoms with Crippen LogP contribution in [0, 0.1) is 0 Å². The summed E-state index contributed by atoms with van der Waals surface area (Å²) in [4.78, 5) is 10.3. The Labute approximate surface area is 134 Å². The molecule has 0 aromatic carbocycles. The molecule has 0 radical (unpaired) electrons. The molecule has 19 heavy (non-hydrogen) atoms. The Hall–Kier alpha value is -0.460. The van der Waals surface area contributed by atoms with E-state index in [9.17, 15) is 0 Å². The Morgan fingerprint density at radius 1 is 1.21 bits per heavy atom. The van der Waals surface area contributed by atoms with Crippen LogP contribution in [0.1, 0.15) is 31.5 Å². The third-order valence-corrected chi connectivity index (χ3v) is 4.47. The average molecular weight is 405 g/mol. The van der Waals surface area contributed by atoms with Gasteiger partial charge < -0.3 is 5.32 Å². The number of nitrogens with zero attached hydrogens (tertiary/aromatic N) is 2. The molecule has 2 aromatic heterocycles. The van der Waals surface area contributed by atoms with Gasteiger partial charge in [-0.25, -0.2) is 9.97 Å². The molecule has 0 aliphatic heterocycles. The van der Waals surface area contributed by atoms with Crippen molar-refractivity contribution in [1.29, 1.82) is 0 Å². The number of nitrogens with one attached hydrogen (secondary N) is 1. The largest absolute Gasteiger partial charge is 0.365 e. The second-order valence-corrected chi connectivity index (χ2v) is 8.57. The van der Waals surface area contributed by atoms with Gasteiger partial charge in [0.25, 0.3) is 0 Å². The van der Waals surface area contributed by atoms with Gasteiger partial charge in [-0.3, -0.25) is 0 Å². The summed E-state index contributed by atoms with van der Waals surface area (Å²) in [6.45, 7) is 7.09. The highest BCUT2D eigenvalue weighted by atomic mass is 79.9. The minimum absolute atomic E-state index is 0.0633. The maximum absolute atomic E-state index is 4.57. The fourth-order valence-electron chi connectivity index (χ4n) is 1.47. The van der Waals surface area contributed by atoms with Crippen molar-refractivity contribution in [2.75, 3.05) is 5.32 Å². The first-order valence-corrected chi connectivity index (χ1v) is 8.28. The number of rotatable bonds is 3. The van der Waals surface area contributed by atoms with Gasteiger partial charge in [-0.05, 0) is 44.0 Å². The molecule has 0 saturated heterocycles. The van der Waals surface area contributed by atoms with Crippen molar-refractivity contribution >= 4 is 49.0 Å². The van der Waals surface area contributed by atoms with E-state index < -0.39 is 0 Å². The van der Waals surface area contributed by atoms with Crippen LogP contribution in [-0.4, -0.2) is 9.97 Å². The van der Waals surface area contributed by atoms with Gasteiger partial charge in [-0.2, -0.15) is 0 Å². The standard InChI is InChI=1S/C13H15Br2N3S/c1-13(2,3)12-17-9(14)6-11(18-12)16-7-8-4-5-10(15)19-8/h4-6H,7H2,1-3H3,(H,16,17,18). The SMILES string of the molecule is CC(C)(C)c1nc(Br)cc(NCc2ccc(Br)s2)n1. The number of thiophene rings is 1. The molecule has 0 fully saturated rings. The molecular formula is C13H15Br2N3S. The highest BCUT2D eigenvalue weighted by Gasteiger charge is 2.18. The number of anilines is 1. The predicted octanol–water partition coefficient (Wildman–Crippen LogP) is 4.97. The maximum atomic E-state index is 4.57. The number of halogens is 2. The molecule has 0 atom stereocenters. The molecule has 2 aromatic rings. The molecule has 1 N–H and O–H groups in total. The Kier molecular flexibility index (Phi) is 4.63. The molecule has 0 unspecified atom stereocenters. The van der Waals surface area contributed by atoms with Crippen LogP contribution in [0.3, 0.4) is 0 Å². The van der Waals surface area contributed by atoms with Gasteiger partial charge in [0.05, 0.1) is 10.3 Å². The summed E-state index contributed by atoms with van der Waals surface area (Å²) in [5.41, 5.74) is -0.0633. The van der Waals surface area contributed by atoms with E-state index in [1.165, 1.54) is 4.88 Å². The molecule has 2 heterocycles. The Morgan fingerprint density at radius 3 is 2.53 bits per heavy atom. The average Bonchev–Trinajstić information content (AvgIpc) is 2.71. The van der Waals surface area contributed by atoms with Crippen LogP contribution in [0.2, 0.25) is 0 Å². The quantitative estimate of drug-likeness (QED) is 0.733. The molecule has 102 valence electrons. The first-order chi connectivity index (χ1) is 8.84. The molecule has 3 nitrogen and oxygen atoms in total. The zero-order valence-corrected chi connectivity index (χ0v) is 15.0. The van der Waals surface area contributed by atoms with Gasteiger partial charge in [0, 0.05) is 16.4 Å². The number of hydrogen-bond acceptors (Lipinski definition) is 4. The number of aromatic nitrogens is 2. The van der Waals surface area contributed by atoms with Gasteiger partial charge in [0.2, 0.25) is 0 Å². The van der Waals surface area contributed by atoms with Crippen molar-refractivity contribution in [3.8, 4) is 0 Å². The molecular weight excluding hydrogens is 390 g/mol. The van der Waals surface area contributed by atoms with Crippen LogP contribution < -0.4 is 5.32 Å². The minimum Gasteiger partial charge on any atom is -0.365 e. The number of hydrogen-bond donors (Lipinski definition) is 1. The van der Waals surface area contributed by atoms with Crippen molar-refractivity contribution in [1.82, 2.24) is 9.97 Å². The van der Waals surface area contributed by atoms with Crippen LogP contribution in [0.15, 0.2) is 26.6 Å². The molecule has 0 bridgehead atoms. The molecule has 0 spiro atoms. The third-order valence-electron chi connectivity index (χ3n) is 2.44. The monoisotopic (exact) mass is 403 g/mol. The summed E-state index contributed by atoms with van der Waals surface area (Å²) in [5, 5.41) is 3.34. The van der Waals surface area contributed by atoms with E-state index in [0.717, 1.165) is 26.6 Å². The first-order valence-electron chi connectivity index (χ1n) is 5.88. The summed E-state index contributed by atoms with van der Waals surface area (Å²) in [6.07, 6.45) is 0. The first kappa shape index (κ1) is 14.9. The van der Waals surface area contributed by atoms with E-state index in [2.05, 4.69) is 80.0 Å². The van der Waals surface area contributed by atoms with Gasteiger partial charge in [-0.1, -0.05) is 20.8 Å². The van der Waals surface area contributed by atoms with Crippen LogP contribution in [0.5, 0.6) is 0 Å². The molecule has 0 aliphatic carbocycles. The lowest BCUT2D eigenvalue weighted by Crippen LogP contribution is -2.17. The summed E-state index contributed by atoms with van der Waals surface area (Å²) >= 11 is 8.63.